The van der Waals surface area contributed by atoms with Gasteiger partial charge in [0.25, 0.3) is 0 Å². The van der Waals surface area contributed by atoms with Crippen molar-refractivity contribution in [3.63, 3.8) is 0 Å². The van der Waals surface area contributed by atoms with Crippen molar-refractivity contribution in [2.75, 3.05) is 0 Å². The maximum Gasteiger partial charge on any atom is 0.0100 e. The van der Waals surface area contributed by atoms with Crippen LogP contribution in [0.15, 0.2) is 18.2 Å². The van der Waals surface area contributed by atoms with Crippen LogP contribution in [0.25, 0.3) is 0 Å². The van der Waals surface area contributed by atoms with Crippen LogP contribution < -0.4 is 5.73 Å². The quantitative estimate of drug-likeness (QED) is 0.840. The fourth-order valence-corrected chi connectivity index (χ4v) is 1.90. The third kappa shape index (κ3) is 4.51. The largest absolute Gasteiger partial charge is 0.326 e. The molecule has 1 nitrogen and oxygen atoms in total. The molecule has 0 saturated heterocycles. The van der Waals surface area contributed by atoms with Crippen LogP contribution in [0, 0.1) is 6.92 Å². The van der Waals surface area contributed by atoms with Gasteiger partial charge in [0.1, 0.15) is 0 Å². The summed E-state index contributed by atoms with van der Waals surface area (Å²) in [4.78, 5) is 0. The first kappa shape index (κ1) is 14.2. The SMILES string of the molecule is Cc1cc(C(C)(C)C)ccc1CCC(C)(C)N. The summed E-state index contributed by atoms with van der Waals surface area (Å²) in [5.74, 6) is 0. The van der Waals surface area contributed by atoms with E-state index in [1.807, 2.05) is 0 Å². The van der Waals surface area contributed by atoms with Crippen molar-refractivity contribution < 1.29 is 0 Å². The van der Waals surface area contributed by atoms with Gasteiger partial charge in [-0.15, -0.1) is 0 Å². The van der Waals surface area contributed by atoms with Crippen LogP contribution in [0.1, 0.15) is 57.7 Å². The average Bonchev–Trinajstić information content (AvgIpc) is 2.12. The summed E-state index contributed by atoms with van der Waals surface area (Å²) in [5.41, 5.74) is 10.4. The lowest BCUT2D eigenvalue weighted by molar-refractivity contribution is 0.476. The highest BCUT2D eigenvalue weighted by molar-refractivity contribution is 5.34. The Bertz CT molecular complexity index is 377. The molecule has 0 aliphatic carbocycles. The second-order valence-electron chi connectivity index (χ2n) is 6.88. The van der Waals surface area contributed by atoms with Gasteiger partial charge in [0.2, 0.25) is 0 Å². The third-order valence-corrected chi connectivity index (χ3v) is 3.25. The van der Waals surface area contributed by atoms with E-state index in [-0.39, 0.29) is 11.0 Å². The number of rotatable bonds is 3. The smallest absolute Gasteiger partial charge is 0.0100 e. The Morgan fingerprint density at radius 1 is 1.06 bits per heavy atom. The molecule has 0 fully saturated rings. The van der Waals surface area contributed by atoms with Crippen LogP contribution in [0.3, 0.4) is 0 Å². The van der Waals surface area contributed by atoms with Gasteiger partial charge >= 0.3 is 0 Å². The minimum Gasteiger partial charge on any atom is -0.326 e. The number of nitrogens with two attached hydrogens (primary N) is 1. The van der Waals surface area contributed by atoms with Crippen molar-refractivity contribution in [3.8, 4) is 0 Å². The zero-order chi connectivity index (χ0) is 13.3. The summed E-state index contributed by atoms with van der Waals surface area (Å²) in [6.45, 7) is 13.1. The van der Waals surface area contributed by atoms with Crippen molar-refractivity contribution in [1.82, 2.24) is 0 Å². The minimum atomic E-state index is -0.0743. The fourth-order valence-electron chi connectivity index (χ4n) is 1.90. The maximum atomic E-state index is 6.03. The highest BCUT2D eigenvalue weighted by Gasteiger charge is 2.15. The lowest BCUT2D eigenvalue weighted by Crippen LogP contribution is -2.32. The number of benzene rings is 1. The summed E-state index contributed by atoms with van der Waals surface area (Å²) in [6, 6.07) is 6.84. The Kier molecular flexibility index (Phi) is 4.03. The van der Waals surface area contributed by atoms with E-state index in [2.05, 4.69) is 59.7 Å². The van der Waals surface area contributed by atoms with Gasteiger partial charge in [-0.2, -0.15) is 0 Å². The molecule has 0 unspecified atom stereocenters. The molecule has 1 aromatic carbocycles. The zero-order valence-electron chi connectivity index (χ0n) is 12.2. The lowest BCUT2D eigenvalue weighted by Gasteiger charge is -2.22. The Morgan fingerprint density at radius 2 is 1.65 bits per heavy atom. The first-order valence-electron chi connectivity index (χ1n) is 6.48. The van der Waals surface area contributed by atoms with Crippen LogP contribution >= 0.6 is 0 Å². The van der Waals surface area contributed by atoms with E-state index in [0.29, 0.717) is 0 Å². The predicted molar refractivity (Wildman–Crippen MR) is 76.5 cm³/mol. The van der Waals surface area contributed by atoms with Gasteiger partial charge in [0.05, 0.1) is 0 Å². The first-order valence-corrected chi connectivity index (χ1v) is 6.48. The van der Waals surface area contributed by atoms with Crippen LogP contribution in [0.5, 0.6) is 0 Å². The highest BCUT2D eigenvalue weighted by Crippen LogP contribution is 2.25. The monoisotopic (exact) mass is 233 g/mol. The molecule has 1 rings (SSSR count). The highest BCUT2D eigenvalue weighted by atomic mass is 14.7. The predicted octanol–water partition coefficient (Wildman–Crippen LogP) is 3.96. The van der Waals surface area contributed by atoms with Gasteiger partial charge in [-0.3, -0.25) is 0 Å². The minimum absolute atomic E-state index is 0.0743. The molecule has 0 aromatic heterocycles. The molecule has 17 heavy (non-hydrogen) atoms. The molecule has 0 amide bonds. The van der Waals surface area contributed by atoms with Gasteiger partial charge in [-0.05, 0) is 55.7 Å². The van der Waals surface area contributed by atoms with Crippen molar-refractivity contribution in [1.29, 1.82) is 0 Å². The second-order valence-corrected chi connectivity index (χ2v) is 6.88. The summed E-state index contributed by atoms with van der Waals surface area (Å²) >= 11 is 0. The van der Waals surface area contributed by atoms with E-state index in [4.69, 9.17) is 5.73 Å². The number of aryl methyl sites for hydroxylation is 2. The molecule has 0 radical (unpaired) electrons. The standard InChI is InChI=1S/C16H27N/c1-12-11-14(15(2,3)4)8-7-13(12)9-10-16(5,6)17/h7-8,11H,9-10,17H2,1-6H3. The van der Waals surface area contributed by atoms with Gasteiger partial charge in [-0.25, -0.2) is 0 Å². The van der Waals surface area contributed by atoms with Crippen LogP contribution in [-0.2, 0) is 11.8 Å². The molecule has 0 aliphatic rings. The van der Waals surface area contributed by atoms with Gasteiger partial charge in [-0.1, -0.05) is 39.0 Å². The third-order valence-electron chi connectivity index (χ3n) is 3.25. The summed E-state index contributed by atoms with van der Waals surface area (Å²) in [7, 11) is 0. The Labute approximate surface area is 106 Å². The van der Waals surface area contributed by atoms with Crippen LogP contribution in [0.2, 0.25) is 0 Å². The van der Waals surface area contributed by atoms with Crippen molar-refractivity contribution >= 4 is 0 Å². The van der Waals surface area contributed by atoms with E-state index in [1.54, 1.807) is 0 Å². The molecule has 0 saturated carbocycles. The number of hydrogen-bond donors (Lipinski definition) is 1. The molecular weight excluding hydrogens is 206 g/mol. The van der Waals surface area contributed by atoms with E-state index >= 15 is 0 Å². The normalized spacial score (nSPS) is 12.9. The lowest BCUT2D eigenvalue weighted by atomic mass is 9.84. The van der Waals surface area contributed by atoms with E-state index < -0.39 is 0 Å². The molecule has 0 heterocycles. The topological polar surface area (TPSA) is 26.0 Å². The fraction of sp³-hybridized carbons (Fsp3) is 0.625. The zero-order valence-corrected chi connectivity index (χ0v) is 12.2. The molecule has 1 heteroatoms. The van der Waals surface area contributed by atoms with Gasteiger partial charge in [0.15, 0.2) is 0 Å². The van der Waals surface area contributed by atoms with Crippen molar-refractivity contribution in [2.24, 2.45) is 5.73 Å². The summed E-state index contributed by atoms with van der Waals surface area (Å²) in [5, 5.41) is 0. The van der Waals surface area contributed by atoms with E-state index in [9.17, 15) is 0 Å². The average molecular weight is 233 g/mol. The van der Waals surface area contributed by atoms with E-state index in [1.165, 1.54) is 16.7 Å². The molecule has 0 bridgehead atoms. The first-order chi connectivity index (χ1) is 7.59. The molecule has 0 aliphatic heterocycles. The molecular formula is C16H27N. The summed E-state index contributed by atoms with van der Waals surface area (Å²) < 4.78 is 0. The number of hydrogen-bond acceptors (Lipinski definition) is 1. The Balaban J connectivity index is 2.84. The van der Waals surface area contributed by atoms with Gasteiger partial charge < -0.3 is 5.73 Å². The maximum absolute atomic E-state index is 6.03. The van der Waals surface area contributed by atoms with Crippen LogP contribution in [0.4, 0.5) is 0 Å². The summed E-state index contributed by atoms with van der Waals surface area (Å²) in [6.07, 6.45) is 2.10. The van der Waals surface area contributed by atoms with Crippen molar-refractivity contribution in [2.45, 2.75) is 65.3 Å². The Hall–Kier alpha value is -0.820. The van der Waals surface area contributed by atoms with Crippen molar-refractivity contribution in [3.05, 3.63) is 34.9 Å². The molecule has 0 spiro atoms. The van der Waals surface area contributed by atoms with Crippen LogP contribution in [-0.4, -0.2) is 5.54 Å². The molecule has 96 valence electrons. The second kappa shape index (κ2) is 4.81. The molecule has 2 N–H and O–H groups in total. The Morgan fingerprint density at radius 3 is 2.06 bits per heavy atom. The molecule has 0 atom stereocenters. The van der Waals surface area contributed by atoms with Gasteiger partial charge in [0, 0.05) is 5.54 Å². The molecule has 1 aromatic rings. The van der Waals surface area contributed by atoms with E-state index in [0.717, 1.165) is 12.8 Å².